The average molecular weight is 228 g/mol. The Morgan fingerprint density at radius 1 is 1.50 bits per heavy atom. The normalized spacial score (nSPS) is 25.4. The lowest BCUT2D eigenvalue weighted by atomic mass is 9.81. The van der Waals surface area contributed by atoms with Crippen LogP contribution in [-0.2, 0) is 4.79 Å². The van der Waals surface area contributed by atoms with Crippen LogP contribution in [0.15, 0.2) is 0 Å². The Bertz CT molecular complexity index is 219. The minimum atomic E-state index is -0.275. The highest BCUT2D eigenvalue weighted by atomic mass is 16.3. The third-order valence-corrected chi connectivity index (χ3v) is 3.26. The number of amides is 1. The highest BCUT2D eigenvalue weighted by Crippen LogP contribution is 2.27. The molecule has 1 atom stereocenters. The Balaban J connectivity index is 2.63. The Hall–Kier alpha value is -0.610. The lowest BCUT2D eigenvalue weighted by molar-refractivity contribution is -0.142. The number of carbonyl (C=O) groups is 1. The van der Waals surface area contributed by atoms with E-state index in [-0.39, 0.29) is 17.9 Å². The summed E-state index contributed by atoms with van der Waals surface area (Å²) in [6, 6.07) is 0. The maximum atomic E-state index is 12.4. The number of aliphatic hydroxyl groups is 1. The molecule has 2 N–H and O–H groups in total. The summed E-state index contributed by atoms with van der Waals surface area (Å²) >= 11 is 0. The molecule has 0 aliphatic carbocycles. The predicted molar refractivity (Wildman–Crippen MR) is 64.2 cm³/mol. The van der Waals surface area contributed by atoms with E-state index >= 15 is 0 Å². The third kappa shape index (κ3) is 3.19. The lowest BCUT2D eigenvalue weighted by Crippen LogP contribution is -2.51. The zero-order valence-corrected chi connectivity index (χ0v) is 10.5. The van der Waals surface area contributed by atoms with Crippen LogP contribution in [-0.4, -0.2) is 48.7 Å². The van der Waals surface area contributed by atoms with Crippen LogP contribution >= 0.6 is 0 Å². The first kappa shape index (κ1) is 13.5. The number of rotatable bonds is 5. The van der Waals surface area contributed by atoms with Gasteiger partial charge in [0.2, 0.25) is 5.91 Å². The van der Waals surface area contributed by atoms with Gasteiger partial charge in [-0.3, -0.25) is 4.79 Å². The van der Waals surface area contributed by atoms with Gasteiger partial charge in [0, 0.05) is 19.6 Å². The van der Waals surface area contributed by atoms with Crippen LogP contribution in [0.1, 0.15) is 33.1 Å². The Labute approximate surface area is 98.0 Å². The van der Waals surface area contributed by atoms with Gasteiger partial charge in [-0.25, -0.2) is 0 Å². The van der Waals surface area contributed by atoms with Crippen LogP contribution in [0.4, 0.5) is 0 Å². The molecular weight excluding hydrogens is 204 g/mol. The summed E-state index contributed by atoms with van der Waals surface area (Å²) in [5.74, 6) is 0.190. The number of carbonyl (C=O) groups excluding carboxylic acids is 1. The van der Waals surface area contributed by atoms with E-state index in [1.165, 1.54) is 0 Å². The molecule has 1 amide bonds. The number of piperidine rings is 1. The van der Waals surface area contributed by atoms with Gasteiger partial charge in [0.25, 0.3) is 0 Å². The van der Waals surface area contributed by atoms with Crippen molar-refractivity contribution in [1.29, 1.82) is 0 Å². The molecule has 0 bridgehead atoms. The fourth-order valence-electron chi connectivity index (χ4n) is 2.33. The van der Waals surface area contributed by atoms with E-state index in [0.717, 1.165) is 38.9 Å². The molecule has 1 aliphatic heterocycles. The predicted octanol–water partition coefficient (Wildman–Crippen LogP) is 0.607. The van der Waals surface area contributed by atoms with Crippen molar-refractivity contribution in [3.05, 3.63) is 0 Å². The van der Waals surface area contributed by atoms with Gasteiger partial charge >= 0.3 is 0 Å². The fraction of sp³-hybridized carbons (Fsp3) is 0.917. The van der Waals surface area contributed by atoms with E-state index in [2.05, 4.69) is 12.2 Å². The smallest absolute Gasteiger partial charge is 0.229 e. The van der Waals surface area contributed by atoms with Crippen molar-refractivity contribution in [2.45, 2.75) is 33.1 Å². The summed E-state index contributed by atoms with van der Waals surface area (Å²) in [7, 11) is 0. The van der Waals surface area contributed by atoms with Crippen LogP contribution in [0.25, 0.3) is 0 Å². The standard InChI is InChI=1S/C12H24N2O2/c1-3-7-14(8-9-15)11(16)12(2)5-4-6-13-10-12/h13,15H,3-10H2,1-2H3. The van der Waals surface area contributed by atoms with Gasteiger partial charge in [-0.05, 0) is 32.7 Å². The van der Waals surface area contributed by atoms with Gasteiger partial charge in [0.05, 0.1) is 12.0 Å². The molecule has 0 spiro atoms. The number of nitrogens with one attached hydrogen (secondary N) is 1. The largest absolute Gasteiger partial charge is 0.395 e. The maximum absolute atomic E-state index is 12.4. The van der Waals surface area contributed by atoms with Crippen LogP contribution in [0, 0.1) is 5.41 Å². The molecule has 16 heavy (non-hydrogen) atoms. The molecule has 4 nitrogen and oxygen atoms in total. The zero-order valence-electron chi connectivity index (χ0n) is 10.5. The monoisotopic (exact) mass is 228 g/mol. The molecule has 0 aromatic rings. The summed E-state index contributed by atoms with van der Waals surface area (Å²) in [4.78, 5) is 14.2. The van der Waals surface area contributed by atoms with E-state index in [9.17, 15) is 4.79 Å². The molecular formula is C12H24N2O2. The van der Waals surface area contributed by atoms with E-state index in [0.29, 0.717) is 6.54 Å². The highest BCUT2D eigenvalue weighted by molar-refractivity contribution is 5.82. The summed E-state index contributed by atoms with van der Waals surface area (Å²) in [5.41, 5.74) is -0.275. The number of nitrogens with zero attached hydrogens (tertiary/aromatic N) is 1. The van der Waals surface area contributed by atoms with Crippen molar-refractivity contribution >= 4 is 5.91 Å². The van der Waals surface area contributed by atoms with E-state index < -0.39 is 0 Å². The Morgan fingerprint density at radius 3 is 2.75 bits per heavy atom. The molecule has 1 unspecified atom stereocenters. The topological polar surface area (TPSA) is 52.6 Å². The Morgan fingerprint density at radius 2 is 2.25 bits per heavy atom. The maximum Gasteiger partial charge on any atom is 0.229 e. The zero-order chi connectivity index (χ0) is 12.0. The van der Waals surface area contributed by atoms with Gasteiger partial charge in [-0.15, -0.1) is 0 Å². The molecule has 1 rings (SSSR count). The minimum Gasteiger partial charge on any atom is -0.395 e. The van der Waals surface area contributed by atoms with E-state index in [4.69, 9.17) is 5.11 Å². The average Bonchev–Trinajstić information content (AvgIpc) is 2.29. The molecule has 4 heteroatoms. The van der Waals surface area contributed by atoms with Crippen molar-refractivity contribution in [1.82, 2.24) is 10.2 Å². The van der Waals surface area contributed by atoms with Crippen molar-refractivity contribution in [2.24, 2.45) is 5.41 Å². The minimum absolute atomic E-state index is 0.0508. The fourth-order valence-corrected chi connectivity index (χ4v) is 2.33. The molecule has 1 heterocycles. The van der Waals surface area contributed by atoms with Crippen LogP contribution in [0.5, 0.6) is 0 Å². The van der Waals surface area contributed by atoms with Gasteiger partial charge in [0.15, 0.2) is 0 Å². The molecule has 1 saturated heterocycles. The van der Waals surface area contributed by atoms with Crippen molar-refractivity contribution in [2.75, 3.05) is 32.8 Å². The molecule has 0 saturated carbocycles. The quantitative estimate of drug-likeness (QED) is 0.725. The number of hydrogen-bond donors (Lipinski definition) is 2. The SMILES string of the molecule is CCCN(CCO)C(=O)C1(C)CCCNC1. The Kier molecular flexibility index (Phi) is 5.22. The molecule has 94 valence electrons. The molecule has 1 aliphatic rings. The van der Waals surface area contributed by atoms with Crippen LogP contribution in [0.2, 0.25) is 0 Å². The van der Waals surface area contributed by atoms with Gasteiger partial charge in [-0.2, -0.15) is 0 Å². The second kappa shape index (κ2) is 6.21. The van der Waals surface area contributed by atoms with Crippen molar-refractivity contribution in [3.63, 3.8) is 0 Å². The lowest BCUT2D eigenvalue weighted by Gasteiger charge is -2.37. The molecule has 0 aromatic heterocycles. The second-order valence-corrected chi connectivity index (χ2v) is 4.86. The molecule has 0 aromatic carbocycles. The summed E-state index contributed by atoms with van der Waals surface area (Å²) in [6.45, 7) is 7.11. The van der Waals surface area contributed by atoms with Crippen LogP contribution < -0.4 is 5.32 Å². The first-order chi connectivity index (χ1) is 7.64. The van der Waals surface area contributed by atoms with E-state index in [1.54, 1.807) is 4.90 Å². The van der Waals surface area contributed by atoms with Gasteiger partial charge in [-0.1, -0.05) is 6.92 Å². The third-order valence-electron chi connectivity index (χ3n) is 3.26. The van der Waals surface area contributed by atoms with Gasteiger partial charge < -0.3 is 15.3 Å². The van der Waals surface area contributed by atoms with Gasteiger partial charge in [0.1, 0.15) is 0 Å². The molecule has 1 fully saturated rings. The number of aliphatic hydroxyl groups excluding tert-OH is 1. The van der Waals surface area contributed by atoms with Crippen molar-refractivity contribution < 1.29 is 9.90 Å². The van der Waals surface area contributed by atoms with Crippen molar-refractivity contribution in [3.8, 4) is 0 Å². The summed E-state index contributed by atoms with van der Waals surface area (Å²) in [6.07, 6.45) is 2.95. The van der Waals surface area contributed by atoms with Crippen LogP contribution in [0.3, 0.4) is 0 Å². The first-order valence-electron chi connectivity index (χ1n) is 6.25. The van der Waals surface area contributed by atoms with E-state index in [1.807, 2.05) is 6.92 Å². The second-order valence-electron chi connectivity index (χ2n) is 4.86. The first-order valence-corrected chi connectivity index (χ1v) is 6.25. The number of hydrogen-bond acceptors (Lipinski definition) is 3. The highest BCUT2D eigenvalue weighted by Gasteiger charge is 2.37. The molecule has 0 radical (unpaired) electrons. The summed E-state index contributed by atoms with van der Waals surface area (Å²) in [5, 5.41) is 12.3. The summed E-state index contributed by atoms with van der Waals surface area (Å²) < 4.78 is 0.